The molecule has 0 aromatic carbocycles. The number of hydrogen-bond acceptors (Lipinski definition) is 5. The highest BCUT2D eigenvalue weighted by molar-refractivity contribution is 5.91. The van der Waals surface area contributed by atoms with Crippen LogP contribution < -0.4 is 10.6 Å². The molecule has 17 heavy (non-hydrogen) atoms. The van der Waals surface area contributed by atoms with E-state index in [4.69, 9.17) is 4.74 Å². The molecule has 6 nitrogen and oxygen atoms in total. The highest BCUT2D eigenvalue weighted by Gasteiger charge is 2.04. The molecule has 1 aromatic heterocycles. The molecule has 0 saturated carbocycles. The van der Waals surface area contributed by atoms with E-state index in [0.717, 1.165) is 26.2 Å². The molecule has 0 radical (unpaired) electrons. The Morgan fingerprint density at radius 3 is 2.82 bits per heavy atom. The molecule has 1 aromatic rings. The average Bonchev–Trinajstić information content (AvgIpc) is 2.38. The summed E-state index contributed by atoms with van der Waals surface area (Å²) in [6.07, 6.45) is 0.909. The van der Waals surface area contributed by atoms with E-state index in [0.29, 0.717) is 11.5 Å². The lowest BCUT2D eigenvalue weighted by atomic mass is 10.3. The maximum atomic E-state index is 11.2. The molecule has 0 saturated heterocycles. The topological polar surface area (TPSA) is 76.1 Å². The van der Waals surface area contributed by atoms with Gasteiger partial charge >= 0.3 is 0 Å². The average molecular weight is 238 g/mol. The van der Waals surface area contributed by atoms with Crippen LogP contribution in [0.3, 0.4) is 0 Å². The first-order chi connectivity index (χ1) is 8.27. The van der Waals surface area contributed by atoms with E-state index in [1.807, 2.05) is 6.92 Å². The fourth-order valence-corrected chi connectivity index (χ4v) is 1.21. The molecule has 1 amide bonds. The minimum absolute atomic E-state index is 0.236. The van der Waals surface area contributed by atoms with Gasteiger partial charge in [-0.15, -0.1) is 10.2 Å². The van der Waals surface area contributed by atoms with Crippen molar-refractivity contribution in [2.45, 2.75) is 13.3 Å². The fraction of sp³-hybridized carbons (Fsp3) is 0.545. The second-order valence-corrected chi connectivity index (χ2v) is 3.36. The van der Waals surface area contributed by atoms with Crippen molar-refractivity contribution in [3.05, 3.63) is 17.8 Å². The van der Waals surface area contributed by atoms with E-state index in [1.54, 1.807) is 19.2 Å². The molecule has 0 aliphatic rings. The molecule has 0 atom stereocenters. The van der Waals surface area contributed by atoms with E-state index in [9.17, 15) is 4.79 Å². The number of hydrogen-bond donors (Lipinski definition) is 2. The standard InChI is InChI=1S/C11H18N4O2/c1-3-17-8-4-7-13-10-6-5-9(14-15-10)11(16)12-2/h5-6H,3-4,7-8H2,1-2H3,(H,12,16)(H,13,15). The van der Waals surface area contributed by atoms with Crippen LogP contribution in [0.15, 0.2) is 12.1 Å². The van der Waals surface area contributed by atoms with Crippen molar-refractivity contribution in [2.24, 2.45) is 0 Å². The van der Waals surface area contributed by atoms with Crippen molar-refractivity contribution < 1.29 is 9.53 Å². The Morgan fingerprint density at radius 1 is 1.41 bits per heavy atom. The summed E-state index contributed by atoms with van der Waals surface area (Å²) in [5.41, 5.74) is 0.312. The molecule has 0 bridgehead atoms. The molecule has 0 aliphatic heterocycles. The minimum Gasteiger partial charge on any atom is -0.382 e. The maximum Gasteiger partial charge on any atom is 0.271 e. The summed E-state index contributed by atoms with van der Waals surface area (Å²) in [6.45, 7) is 4.21. The lowest BCUT2D eigenvalue weighted by molar-refractivity contribution is 0.0957. The van der Waals surface area contributed by atoms with E-state index in [1.165, 1.54) is 0 Å². The number of carbonyl (C=O) groups excluding carboxylic acids is 1. The quantitative estimate of drug-likeness (QED) is 0.683. The van der Waals surface area contributed by atoms with Crippen LogP contribution in [-0.2, 0) is 4.74 Å². The summed E-state index contributed by atoms with van der Waals surface area (Å²) in [7, 11) is 1.56. The highest BCUT2D eigenvalue weighted by Crippen LogP contribution is 2.01. The molecule has 0 unspecified atom stereocenters. The van der Waals surface area contributed by atoms with E-state index in [2.05, 4.69) is 20.8 Å². The van der Waals surface area contributed by atoms with Gasteiger partial charge in [-0.2, -0.15) is 0 Å². The third-order valence-electron chi connectivity index (χ3n) is 2.10. The predicted octanol–water partition coefficient (Wildman–Crippen LogP) is 0.675. The molecule has 94 valence electrons. The number of ether oxygens (including phenoxy) is 1. The number of anilines is 1. The monoisotopic (exact) mass is 238 g/mol. The lowest BCUT2D eigenvalue weighted by Gasteiger charge is -2.05. The van der Waals surface area contributed by atoms with Crippen LogP contribution in [0.2, 0.25) is 0 Å². The van der Waals surface area contributed by atoms with Gasteiger partial charge < -0.3 is 15.4 Å². The van der Waals surface area contributed by atoms with Gasteiger partial charge in [-0.05, 0) is 25.5 Å². The normalized spacial score (nSPS) is 10.0. The van der Waals surface area contributed by atoms with Crippen LogP contribution in [-0.4, -0.2) is 42.9 Å². The Bertz CT molecular complexity index is 340. The van der Waals surface area contributed by atoms with Crippen LogP contribution in [0.5, 0.6) is 0 Å². The van der Waals surface area contributed by atoms with Crippen LogP contribution in [0.1, 0.15) is 23.8 Å². The molecule has 1 rings (SSSR count). The van der Waals surface area contributed by atoms with Crippen LogP contribution in [0.25, 0.3) is 0 Å². The number of nitrogens with zero attached hydrogens (tertiary/aromatic N) is 2. The maximum absolute atomic E-state index is 11.2. The summed E-state index contributed by atoms with van der Waals surface area (Å²) < 4.78 is 5.21. The minimum atomic E-state index is -0.236. The van der Waals surface area contributed by atoms with Gasteiger partial charge in [0.1, 0.15) is 5.82 Å². The molecular formula is C11H18N4O2. The van der Waals surface area contributed by atoms with Crippen LogP contribution in [0.4, 0.5) is 5.82 Å². The van der Waals surface area contributed by atoms with Gasteiger partial charge in [0.15, 0.2) is 5.69 Å². The van der Waals surface area contributed by atoms with Crippen molar-refractivity contribution >= 4 is 11.7 Å². The summed E-state index contributed by atoms with van der Waals surface area (Å²) in [4.78, 5) is 11.2. The summed E-state index contributed by atoms with van der Waals surface area (Å²) in [5, 5.41) is 13.3. The zero-order valence-electron chi connectivity index (χ0n) is 10.2. The number of nitrogens with one attached hydrogen (secondary N) is 2. The van der Waals surface area contributed by atoms with Crippen molar-refractivity contribution in [3.63, 3.8) is 0 Å². The second-order valence-electron chi connectivity index (χ2n) is 3.36. The highest BCUT2D eigenvalue weighted by atomic mass is 16.5. The largest absolute Gasteiger partial charge is 0.382 e. The van der Waals surface area contributed by atoms with Crippen molar-refractivity contribution in [1.29, 1.82) is 0 Å². The van der Waals surface area contributed by atoms with E-state index < -0.39 is 0 Å². The van der Waals surface area contributed by atoms with Gasteiger partial charge in [0, 0.05) is 26.8 Å². The Kier molecular flexibility index (Phi) is 5.95. The Morgan fingerprint density at radius 2 is 2.24 bits per heavy atom. The number of carbonyl (C=O) groups is 1. The number of rotatable bonds is 7. The van der Waals surface area contributed by atoms with Crippen LogP contribution >= 0.6 is 0 Å². The Balaban J connectivity index is 2.33. The van der Waals surface area contributed by atoms with Crippen molar-refractivity contribution in [3.8, 4) is 0 Å². The first kappa shape index (κ1) is 13.4. The molecule has 6 heteroatoms. The summed E-state index contributed by atoms with van der Waals surface area (Å²) in [6, 6.07) is 3.37. The van der Waals surface area contributed by atoms with Crippen molar-refractivity contribution in [2.75, 3.05) is 32.1 Å². The van der Waals surface area contributed by atoms with Gasteiger partial charge in [0.05, 0.1) is 0 Å². The molecular weight excluding hydrogens is 220 g/mol. The lowest BCUT2D eigenvalue weighted by Crippen LogP contribution is -2.19. The third kappa shape index (κ3) is 4.78. The van der Waals surface area contributed by atoms with Crippen molar-refractivity contribution in [1.82, 2.24) is 15.5 Å². The van der Waals surface area contributed by atoms with Gasteiger partial charge in [0.2, 0.25) is 0 Å². The first-order valence-electron chi connectivity index (χ1n) is 5.65. The van der Waals surface area contributed by atoms with Gasteiger partial charge in [-0.25, -0.2) is 0 Å². The number of amides is 1. The second kappa shape index (κ2) is 7.56. The zero-order valence-corrected chi connectivity index (χ0v) is 10.2. The van der Waals surface area contributed by atoms with Gasteiger partial charge in [-0.1, -0.05) is 0 Å². The molecule has 0 aliphatic carbocycles. The van der Waals surface area contributed by atoms with E-state index in [-0.39, 0.29) is 5.91 Å². The molecule has 0 spiro atoms. The predicted molar refractivity (Wildman–Crippen MR) is 65.0 cm³/mol. The number of aromatic nitrogens is 2. The smallest absolute Gasteiger partial charge is 0.271 e. The van der Waals surface area contributed by atoms with E-state index >= 15 is 0 Å². The Labute approximate surface area is 101 Å². The summed E-state index contributed by atoms with van der Waals surface area (Å²) >= 11 is 0. The van der Waals surface area contributed by atoms with Gasteiger partial charge in [0.25, 0.3) is 5.91 Å². The van der Waals surface area contributed by atoms with Crippen LogP contribution in [0, 0.1) is 0 Å². The van der Waals surface area contributed by atoms with Gasteiger partial charge in [-0.3, -0.25) is 4.79 Å². The third-order valence-corrected chi connectivity index (χ3v) is 2.10. The molecule has 1 heterocycles. The first-order valence-corrected chi connectivity index (χ1v) is 5.65. The molecule has 0 fully saturated rings. The fourth-order valence-electron chi connectivity index (χ4n) is 1.21. The molecule has 2 N–H and O–H groups in total. The Hall–Kier alpha value is -1.69. The SMILES string of the molecule is CCOCCCNc1ccc(C(=O)NC)nn1. The zero-order chi connectivity index (χ0) is 12.5. The summed E-state index contributed by atoms with van der Waals surface area (Å²) in [5.74, 6) is 0.426.